The van der Waals surface area contributed by atoms with Crippen molar-refractivity contribution >= 4 is 6.03 Å². The molecule has 2 aromatic rings. The smallest absolute Gasteiger partial charge is 0.317 e. The van der Waals surface area contributed by atoms with E-state index in [9.17, 15) is 4.79 Å². The first-order valence-electron chi connectivity index (χ1n) is 9.29. The fourth-order valence-electron chi connectivity index (χ4n) is 3.40. The van der Waals surface area contributed by atoms with Crippen LogP contribution in [-0.2, 0) is 11.3 Å². The molecule has 6 nitrogen and oxygen atoms in total. The van der Waals surface area contributed by atoms with Gasteiger partial charge in [0.15, 0.2) is 0 Å². The Morgan fingerprint density at radius 1 is 1.35 bits per heavy atom. The maximum absolute atomic E-state index is 12.8. The fourth-order valence-corrected chi connectivity index (χ4v) is 3.40. The van der Waals surface area contributed by atoms with Crippen molar-refractivity contribution in [3.8, 4) is 0 Å². The molecule has 3 rings (SSSR count). The van der Waals surface area contributed by atoms with Crippen LogP contribution in [0, 0.1) is 6.92 Å². The number of aryl methyl sites for hydroxylation is 2. The maximum atomic E-state index is 12.8. The molecule has 1 aliphatic heterocycles. The number of nitrogens with zero attached hydrogens (tertiary/aromatic N) is 3. The molecule has 1 N–H and O–H groups in total. The van der Waals surface area contributed by atoms with Crippen LogP contribution in [0.3, 0.4) is 0 Å². The second kappa shape index (κ2) is 8.85. The summed E-state index contributed by atoms with van der Waals surface area (Å²) in [7, 11) is 1.88. The first kappa shape index (κ1) is 18.5. The number of hydrogen-bond donors (Lipinski definition) is 1. The number of imidazole rings is 1. The largest absolute Gasteiger partial charge is 0.381 e. The first-order valence-corrected chi connectivity index (χ1v) is 9.29. The Bertz CT molecular complexity index is 695. The highest BCUT2D eigenvalue weighted by molar-refractivity contribution is 5.74. The number of benzene rings is 1. The van der Waals surface area contributed by atoms with Crippen LogP contribution in [0.25, 0.3) is 0 Å². The molecule has 1 fully saturated rings. The van der Waals surface area contributed by atoms with E-state index in [1.165, 1.54) is 0 Å². The standard InChI is InChI=1S/C20H28N4O2/c1-16-21-11-13-24(16)12-8-19(17-6-4-3-5-7-17)22-20(25)23(2)18-9-14-26-15-10-18/h3-7,11,13,18-19H,8-10,12,14-15H2,1-2H3,(H,22,25)/t19-/m0/s1. The Labute approximate surface area is 155 Å². The number of carbonyl (C=O) groups excluding carboxylic acids is 1. The Hall–Kier alpha value is -2.34. The molecule has 1 aromatic heterocycles. The average Bonchev–Trinajstić information content (AvgIpc) is 3.10. The molecule has 0 spiro atoms. The molecule has 0 unspecified atom stereocenters. The highest BCUT2D eigenvalue weighted by atomic mass is 16.5. The van der Waals surface area contributed by atoms with E-state index in [-0.39, 0.29) is 18.1 Å². The normalized spacial score (nSPS) is 16.2. The maximum Gasteiger partial charge on any atom is 0.317 e. The molecule has 1 saturated heterocycles. The van der Waals surface area contributed by atoms with Crippen LogP contribution in [0.1, 0.15) is 36.7 Å². The van der Waals surface area contributed by atoms with E-state index >= 15 is 0 Å². The predicted octanol–water partition coefficient (Wildman–Crippen LogP) is 3.14. The topological polar surface area (TPSA) is 59.4 Å². The zero-order valence-electron chi connectivity index (χ0n) is 15.6. The lowest BCUT2D eigenvalue weighted by Gasteiger charge is -2.32. The zero-order chi connectivity index (χ0) is 18.4. The molecule has 140 valence electrons. The molecular formula is C20H28N4O2. The minimum absolute atomic E-state index is 0.0203. The number of ether oxygens (including phenoxy) is 1. The van der Waals surface area contributed by atoms with Crippen LogP contribution < -0.4 is 5.32 Å². The van der Waals surface area contributed by atoms with Crippen molar-refractivity contribution in [2.75, 3.05) is 20.3 Å². The van der Waals surface area contributed by atoms with Gasteiger partial charge in [0.2, 0.25) is 0 Å². The van der Waals surface area contributed by atoms with Crippen LogP contribution in [0.5, 0.6) is 0 Å². The van der Waals surface area contributed by atoms with Gasteiger partial charge < -0.3 is 19.5 Å². The number of hydrogen-bond acceptors (Lipinski definition) is 3. The molecule has 0 radical (unpaired) electrons. The van der Waals surface area contributed by atoms with Crippen molar-refractivity contribution in [1.29, 1.82) is 0 Å². The van der Waals surface area contributed by atoms with Gasteiger partial charge in [-0.1, -0.05) is 30.3 Å². The van der Waals surface area contributed by atoms with E-state index < -0.39 is 0 Å². The van der Waals surface area contributed by atoms with E-state index in [1.807, 2.05) is 49.5 Å². The third-order valence-corrected chi connectivity index (χ3v) is 5.14. The molecule has 1 aromatic carbocycles. The molecule has 6 heteroatoms. The van der Waals surface area contributed by atoms with Gasteiger partial charge in [-0.25, -0.2) is 9.78 Å². The quantitative estimate of drug-likeness (QED) is 0.865. The summed E-state index contributed by atoms with van der Waals surface area (Å²) in [5.41, 5.74) is 1.12. The Kier molecular flexibility index (Phi) is 6.28. The monoisotopic (exact) mass is 356 g/mol. The second-order valence-corrected chi connectivity index (χ2v) is 6.82. The van der Waals surface area contributed by atoms with Crippen molar-refractivity contribution in [3.63, 3.8) is 0 Å². The molecule has 0 saturated carbocycles. The Balaban J connectivity index is 1.66. The van der Waals surface area contributed by atoms with E-state index in [1.54, 1.807) is 0 Å². The van der Waals surface area contributed by atoms with E-state index in [4.69, 9.17) is 4.74 Å². The van der Waals surface area contributed by atoms with Crippen LogP contribution in [0.4, 0.5) is 4.79 Å². The SMILES string of the molecule is Cc1nccn1CC[C@H](NC(=O)N(C)C1CCOCC1)c1ccccc1. The van der Waals surface area contributed by atoms with Crippen molar-refractivity contribution in [2.45, 2.75) is 44.8 Å². The minimum Gasteiger partial charge on any atom is -0.381 e. The third-order valence-electron chi connectivity index (χ3n) is 5.14. The summed E-state index contributed by atoms with van der Waals surface area (Å²) < 4.78 is 7.52. The lowest BCUT2D eigenvalue weighted by atomic mass is 10.0. The van der Waals surface area contributed by atoms with Crippen molar-refractivity contribution < 1.29 is 9.53 Å². The average molecular weight is 356 g/mol. The summed E-state index contributed by atoms with van der Waals surface area (Å²) in [6.45, 7) is 4.26. The first-order chi connectivity index (χ1) is 12.6. The number of carbonyl (C=O) groups is 1. The van der Waals surface area contributed by atoms with Crippen LogP contribution in [-0.4, -0.2) is 46.8 Å². The van der Waals surface area contributed by atoms with Crippen LogP contribution in [0.2, 0.25) is 0 Å². The van der Waals surface area contributed by atoms with Crippen molar-refractivity contribution in [3.05, 3.63) is 54.1 Å². The van der Waals surface area contributed by atoms with Gasteiger partial charge in [0.05, 0.1) is 6.04 Å². The number of urea groups is 1. The Morgan fingerprint density at radius 2 is 2.08 bits per heavy atom. The number of amides is 2. The van der Waals surface area contributed by atoms with Gasteiger partial charge >= 0.3 is 6.03 Å². The zero-order valence-corrected chi connectivity index (χ0v) is 15.6. The fraction of sp³-hybridized carbons (Fsp3) is 0.500. The second-order valence-electron chi connectivity index (χ2n) is 6.82. The van der Waals surface area contributed by atoms with Crippen LogP contribution in [0.15, 0.2) is 42.7 Å². The molecular weight excluding hydrogens is 328 g/mol. The van der Waals surface area contributed by atoms with Gasteiger partial charge in [0, 0.05) is 45.2 Å². The summed E-state index contributed by atoms with van der Waals surface area (Å²) in [5.74, 6) is 0.988. The molecule has 0 aliphatic carbocycles. The number of nitrogens with one attached hydrogen (secondary N) is 1. The van der Waals surface area contributed by atoms with Gasteiger partial charge in [-0.2, -0.15) is 0 Å². The summed E-state index contributed by atoms with van der Waals surface area (Å²) in [4.78, 5) is 18.9. The molecule has 0 bridgehead atoms. The number of aromatic nitrogens is 2. The van der Waals surface area contributed by atoms with Crippen LogP contribution >= 0.6 is 0 Å². The van der Waals surface area contributed by atoms with E-state index in [2.05, 4.69) is 27.0 Å². The number of rotatable bonds is 6. The summed E-state index contributed by atoms with van der Waals surface area (Å²) in [5, 5.41) is 3.22. The lowest BCUT2D eigenvalue weighted by molar-refractivity contribution is 0.0521. The molecule has 1 aliphatic rings. The molecule has 2 heterocycles. The molecule has 1 atom stereocenters. The summed E-state index contributed by atoms with van der Waals surface area (Å²) in [6.07, 6.45) is 6.40. The van der Waals surface area contributed by atoms with Crippen molar-refractivity contribution in [1.82, 2.24) is 19.8 Å². The molecule has 2 amide bonds. The van der Waals surface area contributed by atoms with Crippen molar-refractivity contribution in [2.24, 2.45) is 0 Å². The van der Waals surface area contributed by atoms with E-state index in [0.717, 1.165) is 50.4 Å². The van der Waals surface area contributed by atoms with E-state index in [0.29, 0.717) is 0 Å². The predicted molar refractivity (Wildman–Crippen MR) is 101 cm³/mol. The highest BCUT2D eigenvalue weighted by Gasteiger charge is 2.24. The lowest BCUT2D eigenvalue weighted by Crippen LogP contribution is -2.46. The summed E-state index contributed by atoms with van der Waals surface area (Å²) >= 11 is 0. The van der Waals surface area contributed by atoms with Gasteiger partial charge in [-0.15, -0.1) is 0 Å². The van der Waals surface area contributed by atoms with Gasteiger partial charge in [0.1, 0.15) is 5.82 Å². The van der Waals surface area contributed by atoms with Gasteiger partial charge in [-0.05, 0) is 31.7 Å². The summed E-state index contributed by atoms with van der Waals surface area (Å²) in [6, 6.07) is 10.4. The third kappa shape index (κ3) is 4.64. The highest BCUT2D eigenvalue weighted by Crippen LogP contribution is 2.20. The minimum atomic E-state index is -0.0345. The van der Waals surface area contributed by atoms with Gasteiger partial charge in [-0.3, -0.25) is 0 Å². The van der Waals surface area contributed by atoms with Gasteiger partial charge in [0.25, 0.3) is 0 Å². The molecule has 26 heavy (non-hydrogen) atoms. The Morgan fingerprint density at radius 3 is 2.73 bits per heavy atom.